The minimum Gasteiger partial charge on any atom is -0.396 e. The van der Waals surface area contributed by atoms with E-state index in [4.69, 9.17) is 18.9 Å². The van der Waals surface area contributed by atoms with Gasteiger partial charge < -0.3 is 24.1 Å². The van der Waals surface area contributed by atoms with Gasteiger partial charge in [-0.25, -0.2) is 0 Å². The first-order chi connectivity index (χ1) is 14.0. The Bertz CT molecular complexity index is 654. The first-order valence-corrected chi connectivity index (χ1v) is 12.1. The maximum Gasteiger partial charge on any atom is 0.174 e. The maximum absolute atomic E-state index is 10.5. The molecule has 164 valence electrons. The highest BCUT2D eigenvalue weighted by atomic mass is 16.7. The van der Waals surface area contributed by atoms with Crippen LogP contribution in [0.5, 0.6) is 0 Å². The van der Waals surface area contributed by atoms with Crippen LogP contribution in [0.1, 0.15) is 65.2 Å². The number of aliphatic hydroxyl groups excluding tert-OH is 1. The second-order valence-corrected chi connectivity index (χ2v) is 11.4. The Hall–Kier alpha value is -0.200. The zero-order valence-electron chi connectivity index (χ0n) is 18.2. The highest BCUT2D eigenvalue weighted by molar-refractivity contribution is 5.14. The van der Waals surface area contributed by atoms with Crippen molar-refractivity contribution in [1.29, 1.82) is 0 Å². The van der Waals surface area contributed by atoms with Crippen LogP contribution in [0.15, 0.2) is 0 Å². The van der Waals surface area contributed by atoms with E-state index in [2.05, 4.69) is 13.8 Å². The highest BCUT2D eigenvalue weighted by Gasteiger charge is 2.69. The van der Waals surface area contributed by atoms with Crippen molar-refractivity contribution in [2.45, 2.75) is 76.8 Å². The maximum atomic E-state index is 10.5. The van der Waals surface area contributed by atoms with Gasteiger partial charge in [0.25, 0.3) is 0 Å². The van der Waals surface area contributed by atoms with Gasteiger partial charge in [-0.1, -0.05) is 13.8 Å². The lowest BCUT2D eigenvalue weighted by molar-refractivity contribution is -0.265. The van der Waals surface area contributed by atoms with Crippen LogP contribution in [0.25, 0.3) is 0 Å². The quantitative estimate of drug-likeness (QED) is 0.719. The van der Waals surface area contributed by atoms with E-state index in [0.717, 1.165) is 52.1 Å². The van der Waals surface area contributed by atoms with E-state index in [1.807, 2.05) is 0 Å². The van der Waals surface area contributed by atoms with E-state index in [1.165, 1.54) is 25.7 Å². The van der Waals surface area contributed by atoms with Crippen molar-refractivity contribution < 1.29 is 24.1 Å². The van der Waals surface area contributed by atoms with Gasteiger partial charge in [0, 0.05) is 31.3 Å². The smallest absolute Gasteiger partial charge is 0.174 e. The molecule has 0 amide bonds. The fourth-order valence-electron chi connectivity index (χ4n) is 9.20. The Kier molecular flexibility index (Phi) is 4.31. The van der Waals surface area contributed by atoms with Crippen LogP contribution in [0.3, 0.4) is 0 Å². The van der Waals surface area contributed by atoms with Crippen LogP contribution in [0.4, 0.5) is 0 Å². The van der Waals surface area contributed by atoms with E-state index in [0.29, 0.717) is 41.6 Å². The molecule has 29 heavy (non-hydrogen) atoms. The molecule has 6 fully saturated rings. The Labute approximate surface area is 174 Å². The minimum atomic E-state index is -0.359. The average Bonchev–Trinajstić information content (AvgIpc) is 3.44. The normalized spacial score (nSPS) is 52.4. The average molecular weight is 407 g/mol. The summed E-state index contributed by atoms with van der Waals surface area (Å²) in [6, 6.07) is 0. The van der Waals surface area contributed by atoms with Gasteiger partial charge in [0.05, 0.1) is 26.4 Å². The molecule has 4 saturated carbocycles. The highest BCUT2D eigenvalue weighted by Crippen LogP contribution is 2.71. The summed E-state index contributed by atoms with van der Waals surface area (Å²) in [4.78, 5) is 0. The zero-order chi connectivity index (χ0) is 19.9. The van der Waals surface area contributed by atoms with E-state index >= 15 is 0 Å². The van der Waals surface area contributed by atoms with Gasteiger partial charge in [0.2, 0.25) is 0 Å². The molecule has 6 rings (SSSR count). The summed E-state index contributed by atoms with van der Waals surface area (Å²) in [5, 5.41) is 10.5. The lowest BCUT2D eigenvalue weighted by atomic mass is 9.42. The number of ether oxygens (including phenoxy) is 4. The molecular formula is C24H38O5. The van der Waals surface area contributed by atoms with Gasteiger partial charge in [0.15, 0.2) is 11.6 Å². The molecule has 2 heterocycles. The van der Waals surface area contributed by atoms with Gasteiger partial charge >= 0.3 is 0 Å². The molecule has 0 aromatic carbocycles. The minimum absolute atomic E-state index is 0.0921. The SMILES string of the molecule is C[C@]12CCC3(CC1C[C@H](CO)[C@@H]1[C@@H]2CC[C@@]2(C)[C@H]1CCC21OCCO1)OCCO3. The lowest BCUT2D eigenvalue weighted by Crippen LogP contribution is -2.61. The van der Waals surface area contributed by atoms with Gasteiger partial charge in [-0.05, 0) is 67.1 Å². The number of fused-ring (bicyclic) bond motifs is 6. The number of hydrogen-bond donors (Lipinski definition) is 1. The van der Waals surface area contributed by atoms with Crippen molar-refractivity contribution in [1.82, 2.24) is 0 Å². The molecule has 0 aromatic rings. The van der Waals surface area contributed by atoms with Crippen LogP contribution in [-0.4, -0.2) is 49.7 Å². The van der Waals surface area contributed by atoms with Crippen molar-refractivity contribution in [3.8, 4) is 0 Å². The summed E-state index contributed by atoms with van der Waals surface area (Å²) in [5.41, 5.74) is 0.431. The van der Waals surface area contributed by atoms with E-state index in [1.54, 1.807) is 0 Å². The lowest BCUT2D eigenvalue weighted by Gasteiger charge is -2.64. The van der Waals surface area contributed by atoms with Crippen LogP contribution in [0.2, 0.25) is 0 Å². The third kappa shape index (κ3) is 2.46. The van der Waals surface area contributed by atoms with E-state index in [9.17, 15) is 5.11 Å². The van der Waals surface area contributed by atoms with Crippen LogP contribution in [0, 0.1) is 40.4 Å². The number of hydrogen-bond acceptors (Lipinski definition) is 5. The molecule has 5 nitrogen and oxygen atoms in total. The fourth-order valence-corrected chi connectivity index (χ4v) is 9.20. The molecule has 1 N–H and O–H groups in total. The van der Waals surface area contributed by atoms with E-state index in [-0.39, 0.29) is 17.0 Å². The Morgan fingerprint density at radius 3 is 2.24 bits per heavy atom. The molecule has 4 aliphatic carbocycles. The number of rotatable bonds is 1. The van der Waals surface area contributed by atoms with Crippen molar-refractivity contribution in [3.63, 3.8) is 0 Å². The molecule has 1 unspecified atom stereocenters. The molecule has 5 heteroatoms. The standard InChI is InChI=1S/C24H38O5/c1-21-7-8-23(26-9-10-27-23)14-17(21)13-16(15-25)20-18(21)3-5-22(2)19(20)4-6-24(22)28-11-12-29-24/h16-20,25H,3-15H2,1-2H3/t16-,17?,18+,19+,20-,21+,22+/m1/s1. The van der Waals surface area contributed by atoms with Gasteiger partial charge in [-0.15, -0.1) is 0 Å². The predicted octanol–water partition coefficient (Wildman–Crippen LogP) is 3.73. The van der Waals surface area contributed by atoms with Gasteiger partial charge in [-0.2, -0.15) is 0 Å². The summed E-state index contributed by atoms with van der Waals surface area (Å²) in [6.07, 6.45) is 9.00. The first kappa shape index (κ1) is 19.5. The summed E-state index contributed by atoms with van der Waals surface area (Å²) in [7, 11) is 0. The monoisotopic (exact) mass is 406 g/mol. The summed E-state index contributed by atoms with van der Waals surface area (Å²) >= 11 is 0. The molecular weight excluding hydrogens is 368 g/mol. The molecule has 7 atom stereocenters. The second-order valence-electron chi connectivity index (χ2n) is 11.4. The summed E-state index contributed by atoms with van der Waals surface area (Å²) in [5.74, 6) is 2.16. The molecule has 6 aliphatic rings. The molecule has 2 saturated heterocycles. The van der Waals surface area contributed by atoms with Gasteiger partial charge in [0.1, 0.15) is 0 Å². The molecule has 0 bridgehead atoms. The van der Waals surface area contributed by atoms with Crippen molar-refractivity contribution in [2.75, 3.05) is 33.0 Å². The molecule has 2 spiro atoms. The molecule has 2 aliphatic heterocycles. The first-order valence-electron chi connectivity index (χ1n) is 12.1. The predicted molar refractivity (Wildman–Crippen MR) is 107 cm³/mol. The summed E-state index contributed by atoms with van der Waals surface area (Å²) < 4.78 is 24.8. The second kappa shape index (κ2) is 6.41. The van der Waals surface area contributed by atoms with Gasteiger partial charge in [-0.3, -0.25) is 0 Å². The van der Waals surface area contributed by atoms with Crippen LogP contribution < -0.4 is 0 Å². The van der Waals surface area contributed by atoms with Crippen LogP contribution >= 0.6 is 0 Å². The Morgan fingerprint density at radius 1 is 0.828 bits per heavy atom. The van der Waals surface area contributed by atoms with Crippen LogP contribution in [-0.2, 0) is 18.9 Å². The van der Waals surface area contributed by atoms with Crippen molar-refractivity contribution in [3.05, 3.63) is 0 Å². The largest absolute Gasteiger partial charge is 0.396 e. The van der Waals surface area contributed by atoms with Crippen molar-refractivity contribution in [2.24, 2.45) is 40.4 Å². The Morgan fingerprint density at radius 2 is 1.52 bits per heavy atom. The number of aliphatic hydroxyl groups is 1. The molecule has 0 aromatic heterocycles. The third-order valence-electron chi connectivity index (χ3n) is 10.7. The molecule has 0 radical (unpaired) electrons. The fraction of sp³-hybridized carbons (Fsp3) is 1.00. The third-order valence-corrected chi connectivity index (χ3v) is 10.7. The van der Waals surface area contributed by atoms with Crippen molar-refractivity contribution >= 4 is 0 Å². The Balaban J connectivity index is 1.33. The summed E-state index contributed by atoms with van der Waals surface area (Å²) in [6.45, 7) is 8.25. The zero-order valence-corrected chi connectivity index (χ0v) is 18.2. The topological polar surface area (TPSA) is 57.2 Å². The van der Waals surface area contributed by atoms with E-state index < -0.39 is 0 Å².